The minimum Gasteiger partial charge on any atom is -0.321 e. The third kappa shape index (κ3) is 4.64. The van der Waals surface area contributed by atoms with E-state index in [0.717, 1.165) is 0 Å². The van der Waals surface area contributed by atoms with Crippen LogP contribution in [0.15, 0.2) is 67.4 Å². The van der Waals surface area contributed by atoms with Gasteiger partial charge < -0.3 is 15.2 Å². The molecule has 0 aliphatic rings. The van der Waals surface area contributed by atoms with Crippen molar-refractivity contribution in [3.8, 4) is 11.5 Å². The lowest BCUT2D eigenvalue weighted by Crippen LogP contribution is -2.16. The number of aromatic nitrogens is 6. The second-order valence-corrected chi connectivity index (χ2v) is 7.14. The maximum Gasteiger partial charge on any atom is 0.275 e. The maximum atomic E-state index is 12.8. The molecule has 1 aromatic carbocycles. The van der Waals surface area contributed by atoms with E-state index < -0.39 is 5.91 Å². The predicted octanol–water partition coefficient (Wildman–Crippen LogP) is 3.22. The van der Waals surface area contributed by atoms with E-state index >= 15 is 0 Å². The summed E-state index contributed by atoms with van der Waals surface area (Å²) in [6.45, 7) is 4.04. The molecule has 4 aromatic rings. The van der Waals surface area contributed by atoms with Gasteiger partial charge in [-0.3, -0.25) is 14.6 Å². The fourth-order valence-corrected chi connectivity index (χ4v) is 2.97. The molecule has 4 rings (SSSR count). The molecule has 0 fully saturated rings. The monoisotopic (exact) mass is 428 g/mol. The van der Waals surface area contributed by atoms with Crippen LogP contribution < -0.4 is 10.6 Å². The molecule has 0 bridgehead atoms. The van der Waals surface area contributed by atoms with E-state index in [1.165, 1.54) is 18.6 Å². The van der Waals surface area contributed by atoms with E-state index in [9.17, 15) is 9.59 Å². The van der Waals surface area contributed by atoms with E-state index in [4.69, 9.17) is 0 Å². The number of amides is 2. The Morgan fingerprint density at radius 2 is 1.84 bits per heavy atom. The van der Waals surface area contributed by atoms with E-state index in [0.29, 0.717) is 28.6 Å². The summed E-state index contributed by atoms with van der Waals surface area (Å²) in [7, 11) is 0. The van der Waals surface area contributed by atoms with Gasteiger partial charge in [-0.25, -0.2) is 9.97 Å². The first-order valence-corrected chi connectivity index (χ1v) is 9.87. The number of pyridine rings is 1. The standard InChI is InChI=1S/C22H20N8O2/c1-14(2)30-13-25-29-20(30)17-7-4-8-19(27-17)28-21(31)15-5-3-6-16(11-15)26-22(32)18-12-23-9-10-24-18/h3-14H,1-2H3,(H,26,32)(H,27,28,31). The van der Waals surface area contributed by atoms with Crippen molar-refractivity contribution in [2.24, 2.45) is 0 Å². The van der Waals surface area contributed by atoms with Gasteiger partial charge in [0.25, 0.3) is 11.8 Å². The quantitative estimate of drug-likeness (QED) is 0.483. The SMILES string of the molecule is CC(C)n1cnnc1-c1cccc(NC(=O)c2cccc(NC(=O)c3cnccn3)c2)n1. The molecule has 0 spiro atoms. The van der Waals surface area contributed by atoms with Crippen LogP contribution in [0, 0.1) is 0 Å². The molecular weight excluding hydrogens is 408 g/mol. The summed E-state index contributed by atoms with van der Waals surface area (Å²) in [5, 5.41) is 13.6. The van der Waals surface area contributed by atoms with Crippen LogP contribution in [0.5, 0.6) is 0 Å². The number of hydrogen-bond acceptors (Lipinski definition) is 7. The van der Waals surface area contributed by atoms with Crippen molar-refractivity contribution in [1.29, 1.82) is 0 Å². The highest BCUT2D eigenvalue weighted by Gasteiger charge is 2.14. The molecule has 2 N–H and O–H groups in total. The summed E-state index contributed by atoms with van der Waals surface area (Å²) in [5.74, 6) is 0.208. The fourth-order valence-electron chi connectivity index (χ4n) is 2.97. The molecule has 3 aromatic heterocycles. The van der Waals surface area contributed by atoms with Gasteiger partial charge in [0.2, 0.25) is 0 Å². The minimum atomic E-state index is -0.417. The van der Waals surface area contributed by atoms with Crippen LogP contribution in [0.1, 0.15) is 40.7 Å². The zero-order valence-electron chi connectivity index (χ0n) is 17.4. The lowest BCUT2D eigenvalue weighted by Gasteiger charge is -2.11. The van der Waals surface area contributed by atoms with Crippen molar-refractivity contribution < 1.29 is 9.59 Å². The van der Waals surface area contributed by atoms with Gasteiger partial charge in [-0.05, 0) is 44.2 Å². The summed E-state index contributed by atoms with van der Waals surface area (Å²) in [6, 6.07) is 12.0. The highest BCUT2D eigenvalue weighted by molar-refractivity contribution is 6.06. The first-order valence-electron chi connectivity index (χ1n) is 9.87. The van der Waals surface area contributed by atoms with E-state index in [2.05, 4.69) is 35.8 Å². The number of anilines is 2. The first kappa shape index (κ1) is 20.8. The number of benzene rings is 1. The Morgan fingerprint density at radius 3 is 2.62 bits per heavy atom. The van der Waals surface area contributed by atoms with Crippen molar-refractivity contribution in [3.05, 3.63) is 78.6 Å². The average Bonchev–Trinajstić information content (AvgIpc) is 3.30. The van der Waals surface area contributed by atoms with Crippen LogP contribution in [0.4, 0.5) is 11.5 Å². The molecule has 0 radical (unpaired) electrons. The number of nitrogens with zero attached hydrogens (tertiary/aromatic N) is 6. The van der Waals surface area contributed by atoms with Gasteiger partial charge in [-0.15, -0.1) is 10.2 Å². The Morgan fingerprint density at radius 1 is 1.00 bits per heavy atom. The van der Waals surface area contributed by atoms with Gasteiger partial charge in [0.05, 0.1) is 6.20 Å². The van der Waals surface area contributed by atoms with Crippen LogP contribution in [0.3, 0.4) is 0 Å². The zero-order chi connectivity index (χ0) is 22.5. The third-order valence-corrected chi connectivity index (χ3v) is 4.53. The predicted molar refractivity (Wildman–Crippen MR) is 118 cm³/mol. The van der Waals surface area contributed by atoms with Crippen molar-refractivity contribution in [1.82, 2.24) is 29.7 Å². The van der Waals surface area contributed by atoms with Crippen LogP contribution in [0.2, 0.25) is 0 Å². The molecule has 0 unspecified atom stereocenters. The minimum absolute atomic E-state index is 0.167. The highest BCUT2D eigenvalue weighted by Crippen LogP contribution is 2.20. The lowest BCUT2D eigenvalue weighted by molar-refractivity contribution is 0.101. The van der Waals surface area contributed by atoms with Gasteiger partial charge in [0, 0.05) is 29.7 Å². The Hall–Kier alpha value is -4.47. The van der Waals surface area contributed by atoms with Crippen LogP contribution >= 0.6 is 0 Å². The van der Waals surface area contributed by atoms with Crippen molar-refractivity contribution in [3.63, 3.8) is 0 Å². The lowest BCUT2D eigenvalue weighted by atomic mass is 10.2. The van der Waals surface area contributed by atoms with Gasteiger partial charge in [-0.2, -0.15) is 0 Å². The Kier molecular flexibility index (Phi) is 5.93. The summed E-state index contributed by atoms with van der Waals surface area (Å²) in [4.78, 5) is 37.4. The zero-order valence-corrected chi connectivity index (χ0v) is 17.4. The van der Waals surface area contributed by atoms with Crippen LogP contribution in [-0.4, -0.2) is 41.5 Å². The third-order valence-electron chi connectivity index (χ3n) is 4.53. The number of nitrogens with one attached hydrogen (secondary N) is 2. The summed E-state index contributed by atoms with van der Waals surface area (Å²) in [5.41, 5.74) is 1.59. The Labute approximate surface area is 183 Å². The van der Waals surface area contributed by atoms with E-state index in [1.807, 2.05) is 18.4 Å². The normalized spacial score (nSPS) is 10.7. The Bertz CT molecular complexity index is 1250. The first-order chi connectivity index (χ1) is 15.5. The largest absolute Gasteiger partial charge is 0.321 e. The Balaban J connectivity index is 1.49. The maximum absolute atomic E-state index is 12.8. The second kappa shape index (κ2) is 9.13. The second-order valence-electron chi connectivity index (χ2n) is 7.14. The fraction of sp³-hybridized carbons (Fsp3) is 0.136. The van der Waals surface area contributed by atoms with Gasteiger partial charge in [0.15, 0.2) is 5.82 Å². The molecule has 3 heterocycles. The topological polar surface area (TPSA) is 128 Å². The summed E-state index contributed by atoms with van der Waals surface area (Å²) < 4.78 is 1.90. The number of rotatable bonds is 6. The van der Waals surface area contributed by atoms with Crippen LogP contribution in [-0.2, 0) is 0 Å². The molecule has 0 aliphatic carbocycles. The van der Waals surface area contributed by atoms with Crippen molar-refractivity contribution in [2.75, 3.05) is 10.6 Å². The number of hydrogen-bond donors (Lipinski definition) is 2. The molecular formula is C22H20N8O2. The molecule has 0 atom stereocenters. The van der Waals surface area contributed by atoms with Crippen molar-refractivity contribution in [2.45, 2.75) is 19.9 Å². The summed E-state index contributed by atoms with van der Waals surface area (Å²) in [6.07, 6.45) is 5.93. The summed E-state index contributed by atoms with van der Waals surface area (Å²) >= 11 is 0. The van der Waals surface area contributed by atoms with Crippen LogP contribution in [0.25, 0.3) is 11.5 Å². The molecule has 0 saturated carbocycles. The van der Waals surface area contributed by atoms with E-state index in [-0.39, 0.29) is 17.6 Å². The highest BCUT2D eigenvalue weighted by atomic mass is 16.2. The van der Waals surface area contributed by atoms with Gasteiger partial charge in [-0.1, -0.05) is 12.1 Å². The molecule has 160 valence electrons. The van der Waals surface area contributed by atoms with Gasteiger partial charge >= 0.3 is 0 Å². The van der Waals surface area contributed by atoms with Gasteiger partial charge in [0.1, 0.15) is 23.5 Å². The molecule has 10 nitrogen and oxygen atoms in total. The number of carbonyl (C=O) groups is 2. The number of carbonyl (C=O) groups excluding carboxylic acids is 2. The smallest absolute Gasteiger partial charge is 0.275 e. The average molecular weight is 428 g/mol. The molecule has 0 aliphatic heterocycles. The molecule has 2 amide bonds. The molecule has 0 saturated heterocycles. The van der Waals surface area contributed by atoms with E-state index in [1.54, 1.807) is 48.8 Å². The molecule has 32 heavy (non-hydrogen) atoms. The molecule has 10 heteroatoms. The van der Waals surface area contributed by atoms with Crippen molar-refractivity contribution >= 4 is 23.3 Å².